The highest BCUT2D eigenvalue weighted by Crippen LogP contribution is 2.35. The fourth-order valence-electron chi connectivity index (χ4n) is 1.94. The van der Waals surface area contributed by atoms with Gasteiger partial charge in [0.05, 0.1) is 6.61 Å². The molecule has 0 saturated heterocycles. The highest BCUT2D eigenvalue weighted by molar-refractivity contribution is 5.49. The number of aryl methyl sites for hydroxylation is 1. The summed E-state index contributed by atoms with van der Waals surface area (Å²) in [7, 11) is 0. The number of fused-ring (bicyclic) bond motifs is 1. The molecule has 0 spiro atoms. The van der Waals surface area contributed by atoms with Crippen LogP contribution < -0.4 is 4.74 Å². The van der Waals surface area contributed by atoms with Gasteiger partial charge in [-0.3, -0.25) is 0 Å². The van der Waals surface area contributed by atoms with Crippen molar-refractivity contribution in [1.29, 1.82) is 0 Å². The van der Waals surface area contributed by atoms with E-state index in [2.05, 4.69) is 32.9 Å². The van der Waals surface area contributed by atoms with Gasteiger partial charge >= 0.3 is 0 Å². The molecular formula is C12H16O. The van der Waals surface area contributed by atoms with Crippen molar-refractivity contribution >= 4 is 0 Å². The predicted molar refractivity (Wildman–Crippen MR) is 54.5 cm³/mol. The number of hydrogen-bond donors (Lipinski definition) is 0. The molecule has 1 aromatic carbocycles. The van der Waals surface area contributed by atoms with Crippen LogP contribution in [0.5, 0.6) is 5.75 Å². The zero-order chi connectivity index (χ0) is 9.42. The summed E-state index contributed by atoms with van der Waals surface area (Å²) in [4.78, 5) is 0. The van der Waals surface area contributed by atoms with E-state index in [4.69, 9.17) is 4.74 Å². The second-order valence-corrected chi connectivity index (χ2v) is 4.03. The zero-order valence-electron chi connectivity index (χ0n) is 8.55. The van der Waals surface area contributed by atoms with E-state index in [1.165, 1.54) is 16.7 Å². The van der Waals surface area contributed by atoms with E-state index in [1.807, 2.05) is 0 Å². The Bertz CT molecular complexity index is 326. The second kappa shape index (κ2) is 3.06. The highest BCUT2D eigenvalue weighted by Gasteiger charge is 2.19. The molecule has 1 heterocycles. The van der Waals surface area contributed by atoms with Gasteiger partial charge in [0.25, 0.3) is 0 Å². The molecule has 0 fully saturated rings. The monoisotopic (exact) mass is 176 g/mol. The molecule has 1 aliphatic heterocycles. The molecule has 0 aliphatic carbocycles. The molecule has 0 saturated carbocycles. The molecule has 0 amide bonds. The zero-order valence-corrected chi connectivity index (χ0v) is 8.55. The van der Waals surface area contributed by atoms with E-state index >= 15 is 0 Å². The third kappa shape index (κ3) is 1.32. The van der Waals surface area contributed by atoms with E-state index in [0.717, 1.165) is 18.8 Å². The van der Waals surface area contributed by atoms with Gasteiger partial charge in [0, 0.05) is 12.0 Å². The van der Waals surface area contributed by atoms with Crippen LogP contribution in [-0.2, 0) is 6.42 Å². The van der Waals surface area contributed by atoms with Gasteiger partial charge in [0.15, 0.2) is 0 Å². The Balaban J connectivity index is 2.56. The Morgan fingerprint density at radius 3 is 2.77 bits per heavy atom. The fourth-order valence-corrected chi connectivity index (χ4v) is 1.94. The third-order valence-electron chi connectivity index (χ3n) is 2.75. The van der Waals surface area contributed by atoms with Gasteiger partial charge in [-0.05, 0) is 24.0 Å². The third-order valence-corrected chi connectivity index (χ3v) is 2.75. The molecule has 0 radical (unpaired) electrons. The lowest BCUT2D eigenvalue weighted by atomic mass is 9.96. The molecule has 70 valence electrons. The van der Waals surface area contributed by atoms with Gasteiger partial charge in [-0.15, -0.1) is 0 Å². The minimum Gasteiger partial charge on any atom is -0.493 e. The molecule has 2 rings (SSSR count). The maximum atomic E-state index is 5.67. The fraction of sp³-hybridized carbons (Fsp3) is 0.500. The van der Waals surface area contributed by atoms with Crippen molar-refractivity contribution < 1.29 is 4.74 Å². The van der Waals surface area contributed by atoms with Crippen molar-refractivity contribution in [2.24, 2.45) is 0 Å². The first-order valence-corrected chi connectivity index (χ1v) is 4.95. The molecule has 13 heavy (non-hydrogen) atoms. The van der Waals surface area contributed by atoms with Crippen LogP contribution in [0.2, 0.25) is 0 Å². The second-order valence-electron chi connectivity index (χ2n) is 4.03. The molecule has 0 unspecified atom stereocenters. The molecule has 1 aromatic rings. The van der Waals surface area contributed by atoms with E-state index in [-0.39, 0.29) is 0 Å². The first kappa shape index (κ1) is 8.61. The molecule has 0 N–H and O–H groups in total. The summed E-state index contributed by atoms with van der Waals surface area (Å²) in [6.45, 7) is 7.46. The molecule has 0 aromatic heterocycles. The average molecular weight is 176 g/mol. The minimum atomic E-state index is 0.562. The largest absolute Gasteiger partial charge is 0.493 e. The standard InChI is InChI=1S/C12H16O/c1-8(2)10-5-4-9(3)11-6-7-13-12(10)11/h4-5,8H,6-7H2,1-3H3. The molecule has 1 aliphatic rings. The summed E-state index contributed by atoms with van der Waals surface area (Å²) in [5.41, 5.74) is 4.15. The van der Waals surface area contributed by atoms with Crippen molar-refractivity contribution in [3.05, 3.63) is 28.8 Å². The number of ether oxygens (including phenoxy) is 1. The normalized spacial score (nSPS) is 14.5. The van der Waals surface area contributed by atoms with Crippen LogP contribution >= 0.6 is 0 Å². The van der Waals surface area contributed by atoms with Gasteiger partial charge in [-0.25, -0.2) is 0 Å². The minimum absolute atomic E-state index is 0.562. The van der Waals surface area contributed by atoms with E-state index in [9.17, 15) is 0 Å². The highest BCUT2D eigenvalue weighted by atomic mass is 16.5. The van der Waals surface area contributed by atoms with Crippen molar-refractivity contribution in [3.63, 3.8) is 0 Å². The summed E-state index contributed by atoms with van der Waals surface area (Å²) in [6, 6.07) is 4.41. The average Bonchev–Trinajstić information content (AvgIpc) is 2.53. The number of hydrogen-bond acceptors (Lipinski definition) is 1. The van der Waals surface area contributed by atoms with Crippen LogP contribution in [0.4, 0.5) is 0 Å². The van der Waals surface area contributed by atoms with Gasteiger partial charge in [0.1, 0.15) is 5.75 Å². The Kier molecular flexibility index (Phi) is 2.03. The summed E-state index contributed by atoms with van der Waals surface area (Å²) in [5, 5.41) is 0. The Hall–Kier alpha value is -0.980. The molecule has 1 nitrogen and oxygen atoms in total. The van der Waals surface area contributed by atoms with Crippen molar-refractivity contribution in [2.45, 2.75) is 33.1 Å². The van der Waals surface area contributed by atoms with Crippen LogP contribution in [-0.4, -0.2) is 6.61 Å². The van der Waals surface area contributed by atoms with Crippen LogP contribution in [0.25, 0.3) is 0 Å². The Morgan fingerprint density at radius 1 is 1.31 bits per heavy atom. The maximum Gasteiger partial charge on any atom is 0.126 e. The van der Waals surface area contributed by atoms with Crippen LogP contribution in [0.15, 0.2) is 12.1 Å². The van der Waals surface area contributed by atoms with Crippen LogP contribution in [0.3, 0.4) is 0 Å². The SMILES string of the molecule is Cc1ccc(C(C)C)c2c1CCO2. The first-order valence-electron chi connectivity index (χ1n) is 4.95. The summed E-state index contributed by atoms with van der Waals surface area (Å²) in [5.74, 6) is 1.72. The maximum absolute atomic E-state index is 5.67. The molecule has 1 heteroatoms. The lowest BCUT2D eigenvalue weighted by molar-refractivity contribution is 0.352. The quantitative estimate of drug-likeness (QED) is 0.639. The van der Waals surface area contributed by atoms with E-state index in [1.54, 1.807) is 0 Å². The van der Waals surface area contributed by atoms with Gasteiger partial charge < -0.3 is 4.74 Å². The van der Waals surface area contributed by atoms with Crippen molar-refractivity contribution in [2.75, 3.05) is 6.61 Å². The lowest BCUT2D eigenvalue weighted by Gasteiger charge is -2.12. The summed E-state index contributed by atoms with van der Waals surface area (Å²) >= 11 is 0. The summed E-state index contributed by atoms with van der Waals surface area (Å²) < 4.78 is 5.67. The first-order chi connectivity index (χ1) is 6.20. The lowest BCUT2D eigenvalue weighted by Crippen LogP contribution is -1.94. The molecule has 0 bridgehead atoms. The molecular weight excluding hydrogens is 160 g/mol. The van der Waals surface area contributed by atoms with Gasteiger partial charge in [-0.1, -0.05) is 26.0 Å². The van der Waals surface area contributed by atoms with E-state index < -0.39 is 0 Å². The summed E-state index contributed by atoms with van der Waals surface area (Å²) in [6.07, 6.45) is 1.09. The predicted octanol–water partition coefficient (Wildman–Crippen LogP) is 3.05. The molecule has 0 atom stereocenters. The Labute approximate surface area is 79.7 Å². The number of rotatable bonds is 1. The topological polar surface area (TPSA) is 9.23 Å². The smallest absolute Gasteiger partial charge is 0.126 e. The number of benzene rings is 1. The van der Waals surface area contributed by atoms with Crippen molar-refractivity contribution in [3.8, 4) is 5.75 Å². The van der Waals surface area contributed by atoms with Crippen molar-refractivity contribution in [1.82, 2.24) is 0 Å². The van der Waals surface area contributed by atoms with Crippen LogP contribution in [0, 0.1) is 6.92 Å². The van der Waals surface area contributed by atoms with Crippen LogP contribution in [0.1, 0.15) is 36.5 Å². The van der Waals surface area contributed by atoms with Gasteiger partial charge in [-0.2, -0.15) is 0 Å². The van der Waals surface area contributed by atoms with E-state index in [0.29, 0.717) is 5.92 Å². The van der Waals surface area contributed by atoms with Gasteiger partial charge in [0.2, 0.25) is 0 Å². The Morgan fingerprint density at radius 2 is 2.08 bits per heavy atom.